The zero-order valence-electron chi connectivity index (χ0n) is 17.7. The molecule has 3 aromatic carbocycles. The maximum Gasteiger partial charge on any atom is 0.417 e. The molecule has 4 rings (SSSR count). The molecule has 0 saturated carbocycles. The topological polar surface area (TPSA) is 99.7 Å². The minimum Gasteiger partial charge on any atom is -0.480 e. The Labute approximate surface area is 190 Å². The highest BCUT2D eigenvalue weighted by Crippen LogP contribution is 2.22. The molecule has 0 spiro atoms. The normalized spacial score (nSPS) is 11.6. The molecule has 0 aliphatic heterocycles. The average molecular weight is 442 g/mol. The SMILES string of the molecule is O=C(O)[C@H](Cc1c[nH]c2ccccc12)N(C(=O)OCc1ccccc1)C(=O)c1ccccc1. The third-order valence-electron chi connectivity index (χ3n) is 5.33. The molecule has 0 radical (unpaired) electrons. The van der Waals surface area contributed by atoms with Gasteiger partial charge in [-0.3, -0.25) is 4.79 Å². The highest BCUT2D eigenvalue weighted by atomic mass is 16.6. The van der Waals surface area contributed by atoms with Crippen LogP contribution in [0.2, 0.25) is 0 Å². The summed E-state index contributed by atoms with van der Waals surface area (Å²) in [5, 5.41) is 10.9. The van der Waals surface area contributed by atoms with Crippen LogP contribution in [0, 0.1) is 0 Å². The van der Waals surface area contributed by atoms with Crippen molar-refractivity contribution in [2.75, 3.05) is 0 Å². The van der Waals surface area contributed by atoms with E-state index in [1.165, 1.54) is 12.1 Å². The molecule has 0 unspecified atom stereocenters. The second-order valence-corrected chi connectivity index (χ2v) is 7.50. The van der Waals surface area contributed by atoms with Crippen LogP contribution in [0.25, 0.3) is 10.9 Å². The van der Waals surface area contributed by atoms with Crippen LogP contribution in [0.1, 0.15) is 21.5 Å². The molecule has 33 heavy (non-hydrogen) atoms. The Hall–Kier alpha value is -4.39. The molecule has 2 N–H and O–H groups in total. The third-order valence-corrected chi connectivity index (χ3v) is 5.33. The summed E-state index contributed by atoms with van der Waals surface area (Å²) < 4.78 is 5.37. The standard InChI is InChI=1S/C26H22N2O5/c29-24(19-11-5-2-6-12-19)28(26(32)33-17-18-9-3-1-4-10-18)23(25(30)31)15-20-16-27-22-14-8-7-13-21(20)22/h1-14,16,23,27H,15,17H2,(H,30,31)/t23-/m0/s1. The maximum absolute atomic E-state index is 13.3. The number of nitrogens with zero attached hydrogens (tertiary/aromatic N) is 1. The quantitative estimate of drug-likeness (QED) is 0.434. The molecular weight excluding hydrogens is 420 g/mol. The van der Waals surface area contributed by atoms with E-state index in [2.05, 4.69) is 4.98 Å². The van der Waals surface area contributed by atoms with Crippen LogP contribution in [0.3, 0.4) is 0 Å². The van der Waals surface area contributed by atoms with E-state index in [4.69, 9.17) is 4.74 Å². The summed E-state index contributed by atoms with van der Waals surface area (Å²) in [6.45, 7) is -0.0856. The number of amides is 2. The second-order valence-electron chi connectivity index (χ2n) is 7.50. The molecule has 1 aromatic heterocycles. The lowest BCUT2D eigenvalue weighted by molar-refractivity contribution is -0.141. The molecule has 7 nitrogen and oxygen atoms in total. The molecule has 0 saturated heterocycles. The van der Waals surface area contributed by atoms with Gasteiger partial charge in [-0.25, -0.2) is 14.5 Å². The maximum atomic E-state index is 13.3. The number of carboxylic acid groups (broad SMARTS) is 1. The number of nitrogens with one attached hydrogen (secondary N) is 1. The molecule has 0 bridgehead atoms. The number of hydrogen-bond donors (Lipinski definition) is 2. The van der Waals surface area contributed by atoms with Gasteiger partial charge in [0, 0.05) is 29.1 Å². The molecule has 0 fully saturated rings. The van der Waals surface area contributed by atoms with Gasteiger partial charge in [-0.1, -0.05) is 66.7 Å². The van der Waals surface area contributed by atoms with Crippen LogP contribution < -0.4 is 0 Å². The van der Waals surface area contributed by atoms with Crippen molar-refractivity contribution in [3.05, 3.63) is 108 Å². The minimum absolute atomic E-state index is 0.0711. The van der Waals surface area contributed by atoms with Crippen molar-refractivity contribution in [1.82, 2.24) is 9.88 Å². The van der Waals surface area contributed by atoms with E-state index in [1.54, 1.807) is 48.7 Å². The number of rotatable bonds is 7. The molecule has 2 amide bonds. The number of para-hydroxylation sites is 1. The zero-order chi connectivity index (χ0) is 23.2. The number of aromatic nitrogens is 1. The van der Waals surface area contributed by atoms with Gasteiger partial charge in [0.15, 0.2) is 0 Å². The van der Waals surface area contributed by atoms with Gasteiger partial charge in [0.2, 0.25) is 0 Å². The Morgan fingerprint density at radius 3 is 2.21 bits per heavy atom. The van der Waals surface area contributed by atoms with Gasteiger partial charge in [-0.2, -0.15) is 0 Å². The smallest absolute Gasteiger partial charge is 0.417 e. The van der Waals surface area contributed by atoms with E-state index in [-0.39, 0.29) is 18.6 Å². The van der Waals surface area contributed by atoms with E-state index in [9.17, 15) is 19.5 Å². The lowest BCUT2D eigenvalue weighted by Crippen LogP contribution is -2.50. The minimum atomic E-state index is -1.46. The van der Waals surface area contributed by atoms with E-state index < -0.39 is 24.0 Å². The fraction of sp³-hybridized carbons (Fsp3) is 0.115. The second kappa shape index (κ2) is 9.82. The lowest BCUT2D eigenvalue weighted by Gasteiger charge is -2.26. The predicted octanol–water partition coefficient (Wildman–Crippen LogP) is 4.64. The predicted molar refractivity (Wildman–Crippen MR) is 123 cm³/mol. The molecule has 7 heteroatoms. The monoisotopic (exact) mass is 442 g/mol. The van der Waals surface area contributed by atoms with Crippen LogP contribution >= 0.6 is 0 Å². The first-order valence-electron chi connectivity index (χ1n) is 10.4. The Balaban J connectivity index is 1.66. The van der Waals surface area contributed by atoms with Crippen LogP contribution in [0.15, 0.2) is 91.1 Å². The Bertz CT molecular complexity index is 1270. The molecule has 0 aliphatic carbocycles. The first-order chi connectivity index (χ1) is 16.0. The van der Waals surface area contributed by atoms with E-state index in [0.29, 0.717) is 10.5 Å². The first-order valence-corrected chi connectivity index (χ1v) is 10.4. The Kier molecular flexibility index (Phi) is 6.50. The number of aliphatic carboxylic acids is 1. The summed E-state index contributed by atoms with van der Waals surface area (Å²) in [5.41, 5.74) is 2.43. The fourth-order valence-corrected chi connectivity index (χ4v) is 3.66. The van der Waals surface area contributed by atoms with Gasteiger partial charge < -0.3 is 14.8 Å². The summed E-state index contributed by atoms with van der Waals surface area (Å²) >= 11 is 0. The van der Waals surface area contributed by atoms with Gasteiger partial charge in [-0.05, 0) is 29.3 Å². The van der Waals surface area contributed by atoms with E-state index in [0.717, 1.165) is 16.5 Å². The van der Waals surface area contributed by atoms with Crippen molar-refractivity contribution in [2.45, 2.75) is 19.1 Å². The number of carboxylic acids is 1. The number of carbonyl (C=O) groups excluding carboxylic acids is 2. The van der Waals surface area contributed by atoms with Crippen molar-refractivity contribution >= 4 is 28.9 Å². The molecule has 166 valence electrons. The number of H-pyrrole nitrogens is 1. The van der Waals surface area contributed by atoms with Crippen LogP contribution in [-0.4, -0.2) is 39.0 Å². The number of aromatic amines is 1. The number of hydrogen-bond acceptors (Lipinski definition) is 4. The van der Waals surface area contributed by atoms with Gasteiger partial charge in [0.1, 0.15) is 12.6 Å². The van der Waals surface area contributed by atoms with Gasteiger partial charge >= 0.3 is 12.1 Å². The summed E-state index contributed by atoms with van der Waals surface area (Å²) in [6.07, 6.45) is 0.611. The molecule has 4 aromatic rings. The third kappa shape index (κ3) is 4.93. The summed E-state index contributed by atoms with van der Waals surface area (Å²) in [6, 6.07) is 23.1. The largest absolute Gasteiger partial charge is 0.480 e. The summed E-state index contributed by atoms with van der Waals surface area (Å²) in [4.78, 5) is 42.5. The number of fused-ring (bicyclic) bond motifs is 1. The van der Waals surface area contributed by atoms with Gasteiger partial charge in [0.05, 0.1) is 0 Å². The van der Waals surface area contributed by atoms with E-state index in [1.807, 2.05) is 30.3 Å². The highest BCUT2D eigenvalue weighted by Gasteiger charge is 2.37. The van der Waals surface area contributed by atoms with E-state index >= 15 is 0 Å². The first kappa shape index (κ1) is 21.8. The van der Waals surface area contributed by atoms with Crippen LogP contribution in [0.4, 0.5) is 4.79 Å². The van der Waals surface area contributed by atoms with Gasteiger partial charge in [-0.15, -0.1) is 0 Å². The summed E-state index contributed by atoms with van der Waals surface area (Å²) in [7, 11) is 0. The van der Waals surface area contributed by atoms with Crippen LogP contribution in [0.5, 0.6) is 0 Å². The molecule has 1 atom stereocenters. The fourth-order valence-electron chi connectivity index (χ4n) is 3.66. The average Bonchev–Trinajstić information content (AvgIpc) is 3.26. The molecular formula is C26H22N2O5. The number of imide groups is 1. The van der Waals surface area contributed by atoms with Crippen LogP contribution in [-0.2, 0) is 22.6 Å². The Morgan fingerprint density at radius 2 is 1.52 bits per heavy atom. The van der Waals surface area contributed by atoms with Crippen molar-refractivity contribution < 1.29 is 24.2 Å². The number of benzene rings is 3. The van der Waals surface area contributed by atoms with Crippen molar-refractivity contribution in [3.8, 4) is 0 Å². The van der Waals surface area contributed by atoms with Crippen molar-refractivity contribution in [3.63, 3.8) is 0 Å². The van der Waals surface area contributed by atoms with Crippen molar-refractivity contribution in [2.24, 2.45) is 0 Å². The number of carbonyl (C=O) groups is 3. The highest BCUT2D eigenvalue weighted by molar-refractivity contribution is 6.05. The van der Waals surface area contributed by atoms with Crippen molar-refractivity contribution in [1.29, 1.82) is 0 Å². The molecule has 1 heterocycles. The number of ether oxygens (including phenoxy) is 1. The van der Waals surface area contributed by atoms with Gasteiger partial charge in [0.25, 0.3) is 5.91 Å². The lowest BCUT2D eigenvalue weighted by atomic mass is 10.0. The summed E-state index contributed by atoms with van der Waals surface area (Å²) in [5.74, 6) is -2.04. The Morgan fingerprint density at radius 1 is 0.879 bits per heavy atom. The zero-order valence-corrected chi connectivity index (χ0v) is 17.7. The molecule has 0 aliphatic rings.